The van der Waals surface area contributed by atoms with Crippen LogP contribution in [0.4, 0.5) is 0 Å². The summed E-state index contributed by atoms with van der Waals surface area (Å²) in [4.78, 5) is 0. The number of hydrogen-bond donors (Lipinski definition) is 1. The van der Waals surface area contributed by atoms with Crippen LogP contribution < -0.4 is 5.32 Å². The van der Waals surface area contributed by atoms with Gasteiger partial charge in [0.1, 0.15) is 11.4 Å². The second-order valence-electron chi connectivity index (χ2n) is 4.35. The lowest BCUT2D eigenvalue weighted by Crippen LogP contribution is -2.30. The zero-order chi connectivity index (χ0) is 11.2. The predicted molar refractivity (Wildman–Crippen MR) is 58.9 cm³/mol. The Morgan fingerprint density at radius 1 is 1.50 bits per heavy atom. The highest BCUT2D eigenvalue weighted by Crippen LogP contribution is 2.14. The van der Waals surface area contributed by atoms with Gasteiger partial charge >= 0.3 is 0 Å². The summed E-state index contributed by atoms with van der Waals surface area (Å²) in [5.41, 5.74) is 1.63. The quantitative estimate of drug-likeness (QED) is 0.765. The molecule has 1 N–H and O–H groups in total. The molecule has 1 atom stereocenters. The summed E-state index contributed by atoms with van der Waals surface area (Å²) < 4.78 is 10.2. The lowest BCUT2D eigenvalue weighted by Gasteiger charge is -2.22. The van der Waals surface area contributed by atoms with Crippen molar-refractivity contribution >= 4 is 0 Å². The largest absolute Gasteiger partial charge is 0.375 e. The van der Waals surface area contributed by atoms with Crippen LogP contribution in [0, 0.1) is 12.8 Å². The molecular formula is C11H19N3O2. The van der Waals surface area contributed by atoms with Crippen LogP contribution in [0.3, 0.4) is 0 Å². The van der Waals surface area contributed by atoms with E-state index in [2.05, 4.69) is 20.3 Å². The van der Waals surface area contributed by atoms with E-state index in [1.807, 2.05) is 6.92 Å². The van der Waals surface area contributed by atoms with E-state index in [1.54, 1.807) is 0 Å². The van der Waals surface area contributed by atoms with Gasteiger partial charge in [-0.15, -0.1) is 0 Å². The van der Waals surface area contributed by atoms with Gasteiger partial charge in [0.25, 0.3) is 0 Å². The van der Waals surface area contributed by atoms with Gasteiger partial charge in [-0.05, 0) is 45.2 Å². The first kappa shape index (κ1) is 11.5. The fraction of sp³-hybridized carbons (Fsp3) is 0.818. The Kier molecular flexibility index (Phi) is 4.30. The Bertz CT molecular complexity index is 308. The molecule has 1 aliphatic rings. The molecule has 0 bridgehead atoms. The molecule has 0 radical (unpaired) electrons. The van der Waals surface area contributed by atoms with Crippen LogP contribution in [0.1, 0.15) is 30.7 Å². The third kappa shape index (κ3) is 3.28. The second kappa shape index (κ2) is 5.96. The first-order chi connectivity index (χ1) is 7.86. The van der Waals surface area contributed by atoms with Gasteiger partial charge in [-0.2, -0.15) is 0 Å². The standard InChI is InChI=1S/C11H19N3O2/c1-9-11(14-16-13-9)8-15-6-4-10-3-2-5-12-7-10/h10,12H,2-8H2,1H3. The number of nitrogens with one attached hydrogen (secondary N) is 1. The molecule has 1 saturated heterocycles. The number of nitrogens with zero attached hydrogens (tertiary/aromatic N) is 2. The van der Waals surface area contributed by atoms with Crippen molar-refractivity contribution in [1.82, 2.24) is 15.6 Å². The highest BCUT2D eigenvalue weighted by molar-refractivity contribution is 5.02. The second-order valence-corrected chi connectivity index (χ2v) is 4.35. The summed E-state index contributed by atoms with van der Waals surface area (Å²) in [6.45, 7) is 5.48. The van der Waals surface area contributed by atoms with Crippen LogP contribution in [-0.2, 0) is 11.3 Å². The normalized spacial score (nSPS) is 21.2. The molecule has 1 aromatic heterocycles. The summed E-state index contributed by atoms with van der Waals surface area (Å²) in [5.74, 6) is 0.769. The molecule has 5 nitrogen and oxygen atoms in total. The first-order valence-corrected chi connectivity index (χ1v) is 5.93. The molecule has 1 unspecified atom stereocenters. The minimum Gasteiger partial charge on any atom is -0.375 e. The molecular weight excluding hydrogens is 206 g/mol. The molecule has 0 aliphatic carbocycles. The summed E-state index contributed by atoms with van der Waals surface area (Å²) in [5, 5.41) is 10.9. The zero-order valence-electron chi connectivity index (χ0n) is 9.74. The van der Waals surface area contributed by atoms with E-state index in [0.29, 0.717) is 6.61 Å². The zero-order valence-corrected chi connectivity index (χ0v) is 9.74. The summed E-state index contributed by atoms with van der Waals surface area (Å²) in [6.07, 6.45) is 3.73. The lowest BCUT2D eigenvalue weighted by atomic mass is 9.97. The molecule has 0 aromatic carbocycles. The third-order valence-electron chi connectivity index (χ3n) is 3.05. The first-order valence-electron chi connectivity index (χ1n) is 5.93. The van der Waals surface area contributed by atoms with E-state index < -0.39 is 0 Å². The van der Waals surface area contributed by atoms with Gasteiger partial charge in [-0.25, -0.2) is 4.63 Å². The highest BCUT2D eigenvalue weighted by atomic mass is 16.6. The number of hydrogen-bond acceptors (Lipinski definition) is 5. The van der Waals surface area contributed by atoms with Crippen molar-refractivity contribution < 1.29 is 9.37 Å². The topological polar surface area (TPSA) is 60.2 Å². The van der Waals surface area contributed by atoms with Crippen molar-refractivity contribution in [3.8, 4) is 0 Å². The van der Waals surface area contributed by atoms with E-state index in [0.717, 1.165) is 36.9 Å². The molecule has 0 spiro atoms. The molecule has 2 rings (SSSR count). The SMILES string of the molecule is Cc1nonc1COCCC1CCCNC1. The van der Waals surface area contributed by atoms with Crippen LogP contribution in [0.25, 0.3) is 0 Å². The van der Waals surface area contributed by atoms with E-state index in [-0.39, 0.29) is 0 Å². The Hall–Kier alpha value is -0.940. The van der Waals surface area contributed by atoms with Gasteiger partial charge in [0.15, 0.2) is 0 Å². The number of rotatable bonds is 5. The Balaban J connectivity index is 1.59. The number of piperidine rings is 1. The van der Waals surface area contributed by atoms with Gasteiger partial charge in [0.2, 0.25) is 0 Å². The van der Waals surface area contributed by atoms with Crippen molar-refractivity contribution in [1.29, 1.82) is 0 Å². The summed E-state index contributed by atoms with van der Waals surface area (Å²) in [6, 6.07) is 0. The molecule has 90 valence electrons. The maximum atomic E-state index is 5.57. The molecule has 1 aliphatic heterocycles. The molecule has 0 saturated carbocycles. The van der Waals surface area contributed by atoms with E-state index in [1.165, 1.54) is 19.4 Å². The van der Waals surface area contributed by atoms with Gasteiger partial charge in [0.05, 0.1) is 6.61 Å². The molecule has 5 heteroatoms. The van der Waals surface area contributed by atoms with E-state index in [4.69, 9.17) is 4.74 Å². The maximum absolute atomic E-state index is 5.57. The Labute approximate surface area is 95.5 Å². The minimum absolute atomic E-state index is 0.509. The van der Waals surface area contributed by atoms with Crippen LogP contribution in [0.5, 0.6) is 0 Å². The molecule has 1 aromatic rings. The van der Waals surface area contributed by atoms with Crippen LogP contribution in [0.2, 0.25) is 0 Å². The van der Waals surface area contributed by atoms with Crippen molar-refractivity contribution in [3.05, 3.63) is 11.4 Å². The fourth-order valence-corrected chi connectivity index (χ4v) is 1.97. The van der Waals surface area contributed by atoms with Gasteiger partial charge in [-0.3, -0.25) is 0 Å². The highest BCUT2D eigenvalue weighted by Gasteiger charge is 2.12. The smallest absolute Gasteiger partial charge is 0.133 e. The predicted octanol–water partition coefficient (Wildman–Crippen LogP) is 1.28. The van der Waals surface area contributed by atoms with Gasteiger partial charge in [0, 0.05) is 6.61 Å². The molecule has 16 heavy (non-hydrogen) atoms. The maximum Gasteiger partial charge on any atom is 0.133 e. The number of aryl methyl sites for hydroxylation is 1. The monoisotopic (exact) mass is 225 g/mol. The summed E-state index contributed by atoms with van der Waals surface area (Å²) >= 11 is 0. The third-order valence-corrected chi connectivity index (χ3v) is 3.05. The number of aromatic nitrogens is 2. The Morgan fingerprint density at radius 2 is 2.44 bits per heavy atom. The van der Waals surface area contributed by atoms with Crippen molar-refractivity contribution in [3.63, 3.8) is 0 Å². The average molecular weight is 225 g/mol. The van der Waals surface area contributed by atoms with Crippen molar-refractivity contribution in [2.45, 2.75) is 32.8 Å². The van der Waals surface area contributed by atoms with Crippen LogP contribution >= 0.6 is 0 Å². The Morgan fingerprint density at radius 3 is 3.12 bits per heavy atom. The van der Waals surface area contributed by atoms with Crippen molar-refractivity contribution in [2.75, 3.05) is 19.7 Å². The van der Waals surface area contributed by atoms with Crippen molar-refractivity contribution in [2.24, 2.45) is 5.92 Å². The minimum atomic E-state index is 0.509. The van der Waals surface area contributed by atoms with Crippen LogP contribution in [0.15, 0.2) is 4.63 Å². The average Bonchev–Trinajstić information content (AvgIpc) is 2.72. The molecule has 2 heterocycles. The molecule has 0 amide bonds. The molecule has 1 fully saturated rings. The van der Waals surface area contributed by atoms with E-state index in [9.17, 15) is 0 Å². The van der Waals surface area contributed by atoms with E-state index >= 15 is 0 Å². The van der Waals surface area contributed by atoms with Gasteiger partial charge in [-0.1, -0.05) is 10.3 Å². The lowest BCUT2D eigenvalue weighted by molar-refractivity contribution is 0.0985. The summed E-state index contributed by atoms with van der Waals surface area (Å²) in [7, 11) is 0. The number of ether oxygens (including phenoxy) is 1. The fourth-order valence-electron chi connectivity index (χ4n) is 1.97. The van der Waals surface area contributed by atoms with Crippen LogP contribution in [-0.4, -0.2) is 30.0 Å². The van der Waals surface area contributed by atoms with Gasteiger partial charge < -0.3 is 10.1 Å².